The van der Waals surface area contributed by atoms with Crippen molar-refractivity contribution in [3.8, 4) is 17.7 Å². The predicted octanol–water partition coefficient (Wildman–Crippen LogP) is 4.97. The number of nitrogens with one attached hydrogen (secondary N) is 1. The predicted molar refractivity (Wildman–Crippen MR) is 138 cm³/mol. The van der Waals surface area contributed by atoms with Crippen LogP contribution in [0.1, 0.15) is 35.2 Å². The van der Waals surface area contributed by atoms with Gasteiger partial charge in [-0.2, -0.15) is 15.5 Å². The van der Waals surface area contributed by atoms with Crippen molar-refractivity contribution in [1.82, 2.24) is 34.5 Å². The highest BCUT2D eigenvalue weighted by atomic mass is 19.3. The Bertz CT molecular complexity index is 1710. The first-order chi connectivity index (χ1) is 18.9. The van der Waals surface area contributed by atoms with E-state index in [1.165, 1.54) is 0 Å². The van der Waals surface area contributed by atoms with E-state index in [1.54, 1.807) is 23.1 Å². The Hall–Kier alpha value is -4.76. The number of pyridine rings is 1. The number of anilines is 2. The number of halogens is 2. The van der Waals surface area contributed by atoms with Crippen LogP contribution in [0.25, 0.3) is 22.7 Å². The van der Waals surface area contributed by atoms with Crippen LogP contribution in [0.3, 0.4) is 0 Å². The van der Waals surface area contributed by atoms with E-state index in [4.69, 9.17) is 9.72 Å². The Morgan fingerprint density at radius 2 is 1.97 bits per heavy atom. The van der Waals surface area contributed by atoms with Crippen molar-refractivity contribution in [2.75, 3.05) is 11.9 Å². The highest BCUT2D eigenvalue weighted by molar-refractivity contribution is 5.82. The SMILES string of the molecule is Cc1ccc(Nc2ccc3c(c2)ncn3-c2ccc([C@H]3C[C@H](C(F)F)CO3)c(-n3nc(C#N)cc3C)n2)nn1. The van der Waals surface area contributed by atoms with E-state index in [2.05, 4.69) is 25.6 Å². The van der Waals surface area contributed by atoms with E-state index in [9.17, 15) is 14.0 Å². The summed E-state index contributed by atoms with van der Waals surface area (Å²) >= 11 is 0. The zero-order valence-corrected chi connectivity index (χ0v) is 21.1. The first kappa shape index (κ1) is 24.6. The van der Waals surface area contributed by atoms with Gasteiger partial charge >= 0.3 is 0 Å². The molecule has 1 fully saturated rings. The lowest BCUT2D eigenvalue weighted by molar-refractivity contribution is 0.0579. The van der Waals surface area contributed by atoms with E-state index in [-0.39, 0.29) is 18.7 Å². The smallest absolute Gasteiger partial charge is 0.243 e. The van der Waals surface area contributed by atoms with E-state index in [1.807, 2.05) is 60.9 Å². The van der Waals surface area contributed by atoms with Crippen molar-refractivity contribution in [1.29, 1.82) is 5.26 Å². The van der Waals surface area contributed by atoms with Crippen molar-refractivity contribution in [3.63, 3.8) is 0 Å². The lowest BCUT2D eigenvalue weighted by atomic mass is 10.0. The Labute approximate surface area is 221 Å². The van der Waals surface area contributed by atoms with Crippen LogP contribution < -0.4 is 5.32 Å². The number of alkyl halides is 2. The van der Waals surface area contributed by atoms with Crippen LogP contribution >= 0.6 is 0 Å². The molecule has 0 aliphatic carbocycles. The van der Waals surface area contributed by atoms with Crippen molar-refractivity contribution >= 4 is 22.5 Å². The second-order valence-corrected chi connectivity index (χ2v) is 9.43. The van der Waals surface area contributed by atoms with Crippen LogP contribution in [-0.4, -0.2) is 47.5 Å². The molecule has 10 nitrogen and oxygen atoms in total. The molecular formula is C27H23F2N9O. The number of rotatable bonds is 6. The molecule has 5 aromatic rings. The van der Waals surface area contributed by atoms with Crippen LogP contribution in [0.4, 0.5) is 20.3 Å². The second-order valence-electron chi connectivity index (χ2n) is 9.43. The molecule has 1 aliphatic rings. The van der Waals surface area contributed by atoms with Crippen molar-refractivity contribution < 1.29 is 13.5 Å². The quantitative estimate of drug-likeness (QED) is 0.329. The summed E-state index contributed by atoms with van der Waals surface area (Å²) in [6.45, 7) is 3.66. The first-order valence-electron chi connectivity index (χ1n) is 12.3. The standard InChI is InChI=1S/C27H23F2N9O/c1-15-3-7-24(35-34-15)32-18-4-6-22-21(11-18)31-14-37(22)25-8-5-20(23-10-17(13-39-23)26(28)29)27(33-25)38-16(2)9-19(12-30)36-38/h3-9,11,14,17,23,26H,10,13H2,1-2H3,(H,32,35)/t17-,23+/m0/s1. The number of benzene rings is 1. The molecule has 0 amide bonds. The molecule has 0 radical (unpaired) electrons. The van der Waals surface area contributed by atoms with Gasteiger partial charge < -0.3 is 10.1 Å². The van der Waals surface area contributed by atoms with Crippen LogP contribution in [0, 0.1) is 31.1 Å². The number of ether oxygens (including phenoxy) is 1. The fourth-order valence-electron chi connectivity index (χ4n) is 4.68. The molecule has 4 aromatic heterocycles. The van der Waals surface area contributed by atoms with Gasteiger partial charge in [-0.3, -0.25) is 4.57 Å². The number of hydrogen-bond acceptors (Lipinski definition) is 8. The number of hydrogen-bond donors (Lipinski definition) is 1. The van der Waals surface area contributed by atoms with Gasteiger partial charge in [0, 0.05) is 22.9 Å². The summed E-state index contributed by atoms with van der Waals surface area (Å²) in [5.41, 5.74) is 4.72. The summed E-state index contributed by atoms with van der Waals surface area (Å²) in [6, 6.07) is 16.8. The number of aromatic nitrogens is 7. The van der Waals surface area contributed by atoms with Crippen molar-refractivity contribution in [2.24, 2.45) is 5.92 Å². The third-order valence-electron chi connectivity index (χ3n) is 6.69. The van der Waals surface area contributed by atoms with Gasteiger partial charge in [0.2, 0.25) is 6.43 Å². The Morgan fingerprint density at radius 1 is 1.10 bits per heavy atom. The molecular weight excluding hydrogens is 504 g/mol. The Balaban J connectivity index is 1.38. The lowest BCUT2D eigenvalue weighted by Crippen LogP contribution is -2.12. The Morgan fingerprint density at radius 3 is 2.69 bits per heavy atom. The molecule has 12 heteroatoms. The monoisotopic (exact) mass is 527 g/mol. The molecule has 2 atom stereocenters. The summed E-state index contributed by atoms with van der Waals surface area (Å²) < 4.78 is 35.9. The van der Waals surface area contributed by atoms with Gasteiger partial charge in [-0.15, -0.1) is 5.10 Å². The highest BCUT2D eigenvalue weighted by Crippen LogP contribution is 2.38. The van der Waals surface area contributed by atoms with Crippen molar-refractivity contribution in [2.45, 2.75) is 32.8 Å². The maximum atomic E-state index is 13.4. The van der Waals surface area contributed by atoms with Crippen LogP contribution in [0.2, 0.25) is 0 Å². The van der Waals surface area contributed by atoms with E-state index >= 15 is 0 Å². The summed E-state index contributed by atoms with van der Waals surface area (Å²) in [6.07, 6.45) is -1.18. The molecule has 5 heterocycles. The minimum Gasteiger partial charge on any atom is -0.373 e. The van der Waals surface area contributed by atoms with Crippen molar-refractivity contribution in [3.05, 3.63) is 77.5 Å². The second kappa shape index (κ2) is 9.85. The summed E-state index contributed by atoms with van der Waals surface area (Å²) in [4.78, 5) is 9.42. The summed E-state index contributed by atoms with van der Waals surface area (Å²) in [5, 5.41) is 25.2. The van der Waals surface area contributed by atoms with Crippen LogP contribution in [0.15, 0.2) is 54.9 Å². The van der Waals surface area contributed by atoms with Gasteiger partial charge in [0.25, 0.3) is 0 Å². The summed E-state index contributed by atoms with van der Waals surface area (Å²) in [7, 11) is 0. The number of aryl methyl sites for hydroxylation is 2. The third kappa shape index (κ3) is 4.68. The van der Waals surface area contributed by atoms with E-state index in [0.29, 0.717) is 28.7 Å². The largest absolute Gasteiger partial charge is 0.373 e. The molecule has 196 valence electrons. The number of nitrogens with zero attached hydrogens (tertiary/aromatic N) is 8. The minimum absolute atomic E-state index is 0.0260. The van der Waals surface area contributed by atoms with Gasteiger partial charge in [0.05, 0.1) is 29.4 Å². The topological polar surface area (TPSA) is 119 Å². The molecule has 0 bridgehead atoms. The molecule has 1 aromatic carbocycles. The molecule has 0 saturated carbocycles. The fourth-order valence-corrected chi connectivity index (χ4v) is 4.68. The average Bonchev–Trinajstić information content (AvgIpc) is 3.68. The fraction of sp³-hybridized carbons (Fsp3) is 0.259. The third-order valence-corrected chi connectivity index (χ3v) is 6.69. The molecule has 1 N–H and O–H groups in total. The van der Waals surface area contributed by atoms with Crippen LogP contribution in [0.5, 0.6) is 0 Å². The normalized spacial score (nSPS) is 17.1. The zero-order valence-electron chi connectivity index (χ0n) is 21.1. The van der Waals surface area contributed by atoms with Gasteiger partial charge in [0.15, 0.2) is 17.3 Å². The number of nitriles is 1. The molecule has 1 aliphatic heterocycles. The van der Waals surface area contributed by atoms with Gasteiger partial charge in [-0.25, -0.2) is 23.4 Å². The molecule has 0 spiro atoms. The average molecular weight is 528 g/mol. The van der Waals surface area contributed by atoms with E-state index < -0.39 is 18.4 Å². The molecule has 0 unspecified atom stereocenters. The number of fused-ring (bicyclic) bond motifs is 1. The molecule has 39 heavy (non-hydrogen) atoms. The Kier molecular flexibility index (Phi) is 6.20. The molecule has 1 saturated heterocycles. The molecule has 6 rings (SSSR count). The van der Waals surface area contributed by atoms with Gasteiger partial charge in [-0.1, -0.05) is 0 Å². The highest BCUT2D eigenvalue weighted by Gasteiger charge is 2.35. The number of imidazole rings is 1. The minimum atomic E-state index is -2.46. The van der Waals surface area contributed by atoms with Gasteiger partial charge in [0.1, 0.15) is 18.2 Å². The maximum absolute atomic E-state index is 13.4. The maximum Gasteiger partial charge on any atom is 0.243 e. The zero-order chi connectivity index (χ0) is 27.1. The first-order valence-corrected chi connectivity index (χ1v) is 12.3. The summed E-state index contributed by atoms with van der Waals surface area (Å²) in [5.74, 6) is 0.751. The van der Waals surface area contributed by atoms with Gasteiger partial charge in [-0.05, 0) is 68.8 Å². The lowest BCUT2D eigenvalue weighted by Gasteiger charge is -2.17. The van der Waals surface area contributed by atoms with E-state index in [0.717, 1.165) is 22.4 Å². The van der Waals surface area contributed by atoms with Crippen LogP contribution in [-0.2, 0) is 4.74 Å².